The van der Waals surface area contributed by atoms with Crippen molar-refractivity contribution in [3.63, 3.8) is 0 Å². The fourth-order valence-electron chi connectivity index (χ4n) is 2.46. The molecule has 1 aromatic rings. The molecule has 1 N–H and O–H groups in total. The van der Waals surface area contributed by atoms with Crippen molar-refractivity contribution in [3.05, 3.63) is 17.6 Å². The van der Waals surface area contributed by atoms with Crippen molar-refractivity contribution < 1.29 is 0 Å². The van der Waals surface area contributed by atoms with Crippen molar-refractivity contribution in [2.45, 2.75) is 46.1 Å². The average molecular weight is 248 g/mol. The lowest BCUT2D eigenvalue weighted by molar-refractivity contribution is 0.567. The second-order valence-electron chi connectivity index (χ2n) is 5.09. The van der Waals surface area contributed by atoms with Gasteiger partial charge in [0.2, 0.25) is 0 Å². The summed E-state index contributed by atoms with van der Waals surface area (Å²) in [6.07, 6.45) is 5.62. The van der Waals surface area contributed by atoms with E-state index < -0.39 is 0 Å². The van der Waals surface area contributed by atoms with E-state index >= 15 is 0 Å². The maximum atomic E-state index is 4.67. The summed E-state index contributed by atoms with van der Waals surface area (Å²) in [7, 11) is 0. The van der Waals surface area contributed by atoms with E-state index in [1.807, 2.05) is 20.0 Å². The molecule has 1 aliphatic rings. The van der Waals surface area contributed by atoms with E-state index in [1.165, 1.54) is 19.3 Å². The van der Waals surface area contributed by atoms with Crippen molar-refractivity contribution in [1.82, 2.24) is 15.3 Å². The van der Waals surface area contributed by atoms with Gasteiger partial charge in [-0.05, 0) is 39.7 Å². The molecule has 1 aromatic heterocycles. The zero-order valence-electron chi connectivity index (χ0n) is 11.7. The number of rotatable bonds is 5. The lowest BCUT2D eigenvalue weighted by atomic mass is 10.2. The normalized spacial score (nSPS) is 19.5. The SMILES string of the molecule is CCCNCC1CCCN1c1cnc(C)c(C)n1. The van der Waals surface area contributed by atoms with Gasteiger partial charge in [-0.2, -0.15) is 0 Å². The van der Waals surface area contributed by atoms with Crippen LogP contribution in [0.25, 0.3) is 0 Å². The summed E-state index contributed by atoms with van der Waals surface area (Å²) in [5, 5.41) is 3.51. The fourth-order valence-corrected chi connectivity index (χ4v) is 2.46. The van der Waals surface area contributed by atoms with Crippen molar-refractivity contribution in [3.8, 4) is 0 Å². The van der Waals surface area contributed by atoms with Crippen LogP contribution in [0.4, 0.5) is 5.82 Å². The standard InChI is InChI=1S/C14H24N4/c1-4-7-15-9-13-6-5-8-18(13)14-10-16-11(2)12(3)17-14/h10,13,15H,4-9H2,1-3H3. The Morgan fingerprint density at radius 1 is 1.39 bits per heavy atom. The largest absolute Gasteiger partial charge is 0.351 e. The molecule has 2 heterocycles. The van der Waals surface area contributed by atoms with E-state index in [9.17, 15) is 0 Å². The molecular formula is C14H24N4. The molecule has 100 valence electrons. The van der Waals surface area contributed by atoms with Crippen molar-refractivity contribution >= 4 is 5.82 Å². The van der Waals surface area contributed by atoms with Crippen molar-refractivity contribution in [1.29, 1.82) is 0 Å². The van der Waals surface area contributed by atoms with E-state index in [2.05, 4.69) is 27.1 Å². The predicted octanol–water partition coefficient (Wildman–Crippen LogP) is 2.06. The summed E-state index contributed by atoms with van der Waals surface area (Å²) in [5.74, 6) is 1.04. The van der Waals surface area contributed by atoms with Crippen molar-refractivity contribution in [2.24, 2.45) is 0 Å². The van der Waals surface area contributed by atoms with Gasteiger partial charge in [0.15, 0.2) is 0 Å². The number of nitrogens with one attached hydrogen (secondary N) is 1. The Balaban J connectivity index is 2.03. The van der Waals surface area contributed by atoms with Gasteiger partial charge >= 0.3 is 0 Å². The molecular weight excluding hydrogens is 224 g/mol. The number of nitrogens with zero attached hydrogens (tertiary/aromatic N) is 3. The quantitative estimate of drug-likeness (QED) is 0.810. The van der Waals surface area contributed by atoms with Gasteiger partial charge in [0.25, 0.3) is 0 Å². The Kier molecular flexibility index (Phi) is 4.53. The Morgan fingerprint density at radius 2 is 2.22 bits per heavy atom. The third kappa shape index (κ3) is 2.99. The molecule has 0 spiro atoms. The Hall–Kier alpha value is -1.16. The van der Waals surface area contributed by atoms with Crippen molar-refractivity contribution in [2.75, 3.05) is 24.5 Å². The first kappa shape index (κ1) is 13.3. The van der Waals surface area contributed by atoms with Crippen LogP contribution in [-0.2, 0) is 0 Å². The molecule has 2 rings (SSSR count). The second kappa shape index (κ2) is 6.14. The topological polar surface area (TPSA) is 41.0 Å². The van der Waals surface area contributed by atoms with E-state index in [0.717, 1.165) is 36.8 Å². The molecule has 0 bridgehead atoms. The van der Waals surface area contributed by atoms with E-state index in [-0.39, 0.29) is 0 Å². The van der Waals surface area contributed by atoms with Crippen LogP contribution < -0.4 is 10.2 Å². The van der Waals surface area contributed by atoms with Crippen LogP contribution in [0.15, 0.2) is 6.20 Å². The molecule has 1 aliphatic heterocycles. The van der Waals surface area contributed by atoms with E-state index in [0.29, 0.717) is 6.04 Å². The maximum absolute atomic E-state index is 4.67. The molecule has 0 aromatic carbocycles. The van der Waals surface area contributed by atoms with Gasteiger partial charge in [0.1, 0.15) is 5.82 Å². The van der Waals surface area contributed by atoms with Gasteiger partial charge in [-0.25, -0.2) is 4.98 Å². The van der Waals surface area contributed by atoms with Gasteiger partial charge in [0.05, 0.1) is 17.6 Å². The van der Waals surface area contributed by atoms with Crippen LogP contribution in [0.1, 0.15) is 37.6 Å². The molecule has 0 radical (unpaired) electrons. The molecule has 1 unspecified atom stereocenters. The van der Waals surface area contributed by atoms with Gasteiger partial charge < -0.3 is 10.2 Å². The van der Waals surface area contributed by atoms with Crippen LogP contribution in [0, 0.1) is 13.8 Å². The third-order valence-corrected chi connectivity index (χ3v) is 3.66. The minimum absolute atomic E-state index is 0.577. The molecule has 4 nitrogen and oxygen atoms in total. The summed E-state index contributed by atoms with van der Waals surface area (Å²) in [5.41, 5.74) is 2.07. The number of anilines is 1. The zero-order valence-corrected chi connectivity index (χ0v) is 11.7. The summed E-state index contributed by atoms with van der Waals surface area (Å²) >= 11 is 0. The Labute approximate surface area is 110 Å². The van der Waals surface area contributed by atoms with Crippen LogP contribution in [0.2, 0.25) is 0 Å². The second-order valence-corrected chi connectivity index (χ2v) is 5.09. The van der Waals surface area contributed by atoms with Crippen LogP contribution in [-0.4, -0.2) is 35.6 Å². The Morgan fingerprint density at radius 3 is 2.94 bits per heavy atom. The lowest BCUT2D eigenvalue weighted by Crippen LogP contribution is -2.38. The molecule has 1 atom stereocenters. The highest BCUT2D eigenvalue weighted by molar-refractivity contribution is 5.40. The smallest absolute Gasteiger partial charge is 0.147 e. The minimum atomic E-state index is 0.577. The average Bonchev–Trinajstić information content (AvgIpc) is 2.81. The summed E-state index contributed by atoms with van der Waals surface area (Å²) in [6.45, 7) is 9.51. The number of aromatic nitrogens is 2. The fraction of sp³-hybridized carbons (Fsp3) is 0.714. The first-order valence-corrected chi connectivity index (χ1v) is 7.00. The van der Waals surface area contributed by atoms with E-state index in [1.54, 1.807) is 0 Å². The molecule has 0 saturated carbocycles. The van der Waals surface area contributed by atoms with Gasteiger partial charge in [-0.1, -0.05) is 6.92 Å². The highest BCUT2D eigenvalue weighted by Gasteiger charge is 2.25. The molecule has 0 amide bonds. The highest BCUT2D eigenvalue weighted by Crippen LogP contribution is 2.23. The zero-order chi connectivity index (χ0) is 13.0. The summed E-state index contributed by atoms with van der Waals surface area (Å²) in [4.78, 5) is 11.5. The van der Waals surface area contributed by atoms with Crippen LogP contribution in [0.3, 0.4) is 0 Å². The number of hydrogen-bond acceptors (Lipinski definition) is 4. The number of aryl methyl sites for hydroxylation is 2. The van der Waals surface area contributed by atoms with Crippen LogP contribution >= 0.6 is 0 Å². The highest BCUT2D eigenvalue weighted by atomic mass is 15.2. The molecule has 4 heteroatoms. The molecule has 1 saturated heterocycles. The Bertz CT molecular complexity index is 391. The first-order chi connectivity index (χ1) is 8.72. The third-order valence-electron chi connectivity index (χ3n) is 3.66. The number of hydrogen-bond donors (Lipinski definition) is 1. The summed E-state index contributed by atoms with van der Waals surface area (Å²) in [6, 6.07) is 0.577. The van der Waals surface area contributed by atoms with Gasteiger partial charge in [0, 0.05) is 19.1 Å². The van der Waals surface area contributed by atoms with Gasteiger partial charge in [-0.3, -0.25) is 4.98 Å². The maximum Gasteiger partial charge on any atom is 0.147 e. The van der Waals surface area contributed by atoms with Gasteiger partial charge in [-0.15, -0.1) is 0 Å². The minimum Gasteiger partial charge on any atom is -0.351 e. The van der Waals surface area contributed by atoms with E-state index in [4.69, 9.17) is 0 Å². The molecule has 0 aliphatic carbocycles. The summed E-state index contributed by atoms with van der Waals surface area (Å²) < 4.78 is 0. The molecule has 1 fully saturated rings. The predicted molar refractivity (Wildman–Crippen MR) is 75.0 cm³/mol. The first-order valence-electron chi connectivity index (χ1n) is 7.00. The lowest BCUT2D eigenvalue weighted by Gasteiger charge is -2.26. The monoisotopic (exact) mass is 248 g/mol. The van der Waals surface area contributed by atoms with Crippen LogP contribution in [0.5, 0.6) is 0 Å². The molecule has 18 heavy (non-hydrogen) atoms.